The highest BCUT2D eigenvalue weighted by Gasteiger charge is 2.38. The smallest absolute Gasteiger partial charge is 0.160 e. The minimum Gasteiger partial charge on any atom is -0.309 e. The van der Waals surface area contributed by atoms with E-state index in [0.717, 1.165) is 67.2 Å². The molecule has 116 heavy (non-hydrogen) atoms. The Morgan fingerprint density at radius 3 is 0.983 bits per heavy atom. The zero-order valence-electron chi connectivity index (χ0n) is 64.3. The summed E-state index contributed by atoms with van der Waals surface area (Å²) in [4.78, 5) is 11.1. The van der Waals surface area contributed by atoms with Crippen LogP contribution in [0.4, 0.5) is 0 Å². The summed E-state index contributed by atoms with van der Waals surface area (Å²) in [6, 6.07) is 136. The molecule has 22 aromatic rings. The van der Waals surface area contributed by atoms with Crippen LogP contribution in [0.3, 0.4) is 0 Å². The molecular weight excluding hydrogens is 1410 g/mol. The van der Waals surface area contributed by atoms with Crippen molar-refractivity contribution in [2.75, 3.05) is 0 Å². The molecule has 5 aromatic heterocycles. The second-order valence-corrected chi connectivity index (χ2v) is 33.1. The van der Waals surface area contributed by atoms with Gasteiger partial charge < -0.3 is 18.3 Å². The molecule has 0 atom stereocenters. The van der Waals surface area contributed by atoms with E-state index in [1.807, 2.05) is 0 Å². The molecular formula is C110H72N6. The molecule has 0 saturated heterocycles. The predicted molar refractivity (Wildman–Crippen MR) is 484 cm³/mol. The third-order valence-corrected chi connectivity index (χ3v) is 26.3. The average molecular weight is 1480 g/mol. The Bertz CT molecular complexity index is 8050. The second-order valence-electron chi connectivity index (χ2n) is 33.1. The van der Waals surface area contributed by atoms with Crippen LogP contribution in [-0.2, 0) is 10.8 Å². The van der Waals surface area contributed by atoms with Crippen molar-refractivity contribution < 1.29 is 0 Å². The minimum absolute atomic E-state index is 0.0964. The predicted octanol–water partition coefficient (Wildman–Crippen LogP) is 28.6. The molecule has 3 aliphatic rings. The van der Waals surface area contributed by atoms with Gasteiger partial charge in [0.1, 0.15) is 0 Å². The molecule has 0 amide bonds. The van der Waals surface area contributed by atoms with Crippen LogP contribution >= 0.6 is 0 Å². The summed E-state index contributed by atoms with van der Waals surface area (Å²) in [7, 11) is 0. The molecule has 0 N–H and O–H groups in total. The maximum atomic E-state index is 5.57. The van der Waals surface area contributed by atoms with E-state index in [9.17, 15) is 0 Å². The van der Waals surface area contributed by atoms with E-state index in [-0.39, 0.29) is 10.8 Å². The first-order chi connectivity index (χ1) is 57.0. The molecule has 6 heteroatoms. The lowest BCUT2D eigenvalue weighted by molar-refractivity contribution is 0.660. The first-order valence-corrected chi connectivity index (χ1v) is 40.4. The highest BCUT2D eigenvalue weighted by atomic mass is 15.0. The summed E-state index contributed by atoms with van der Waals surface area (Å²) in [6.45, 7) is 9.45. The zero-order valence-corrected chi connectivity index (χ0v) is 64.3. The van der Waals surface area contributed by atoms with Gasteiger partial charge in [-0.05, 0) is 216 Å². The van der Waals surface area contributed by atoms with Crippen molar-refractivity contribution in [3.8, 4) is 123 Å². The summed E-state index contributed by atoms with van der Waals surface area (Å²) >= 11 is 0. The lowest BCUT2D eigenvalue weighted by atomic mass is 9.82. The van der Waals surface area contributed by atoms with Crippen LogP contribution in [0.15, 0.2) is 364 Å². The lowest BCUT2D eigenvalue weighted by Gasteiger charge is -2.22. The summed E-state index contributed by atoms with van der Waals surface area (Å²) in [5.41, 5.74) is 38.9. The van der Waals surface area contributed by atoms with Crippen LogP contribution < -0.4 is 0 Å². The Labute approximate surface area is 670 Å². The Morgan fingerprint density at radius 1 is 0.198 bits per heavy atom. The molecule has 17 aromatic carbocycles. The standard InChI is InChI=1S/C110H72N6/c1-109(2)92-31-14-8-23-77(92)79-51-49-74(63-94(79)109)115-98-35-18-12-27-83(98)90-61-70(43-57-102(90)115)68-41-55-100-88(59-68)81-25-10-16-33-96(81)113(100)72-45-37-65(38-46-72)76-53-54-86-104-85(76)29-20-30-87(104)107-105(86)106(111-108(112-107)67-21-6-5-7-22-67)66-39-47-73(48-40-66)114-97-34-17-11-26-82(97)89-60-69(42-56-101(89)114)71-44-58-103-91(62-71)84-28-13-19-36-99(84)116(103)75-50-52-80-78-24-9-15-32-93(78)110(3,4)95(80)64-75/h5-64H,1-4H3. The molecule has 0 saturated carbocycles. The van der Waals surface area contributed by atoms with E-state index in [1.165, 1.54) is 171 Å². The van der Waals surface area contributed by atoms with Gasteiger partial charge in [-0.3, -0.25) is 0 Å². The highest BCUT2D eigenvalue weighted by molar-refractivity contribution is 6.21. The molecule has 6 nitrogen and oxygen atoms in total. The fraction of sp³-hybridized carbons (Fsp3) is 0.0545. The topological polar surface area (TPSA) is 45.5 Å². The summed E-state index contributed by atoms with van der Waals surface area (Å²) in [5, 5.41) is 12.2. The van der Waals surface area contributed by atoms with Crippen LogP contribution in [0.25, 0.3) is 221 Å². The molecule has 0 aliphatic heterocycles. The van der Waals surface area contributed by atoms with Crippen molar-refractivity contribution in [1.29, 1.82) is 0 Å². The van der Waals surface area contributed by atoms with Crippen molar-refractivity contribution >= 4 is 98.0 Å². The van der Waals surface area contributed by atoms with Gasteiger partial charge >= 0.3 is 0 Å². The molecule has 25 rings (SSSR count). The van der Waals surface area contributed by atoms with Crippen molar-refractivity contribution in [2.45, 2.75) is 38.5 Å². The average Bonchev–Trinajstić information content (AvgIpc) is 1.56. The minimum atomic E-state index is -0.0997. The number of nitrogens with zero attached hydrogens (tertiary/aromatic N) is 6. The fourth-order valence-corrected chi connectivity index (χ4v) is 20.8. The van der Waals surface area contributed by atoms with E-state index in [2.05, 4.69) is 410 Å². The van der Waals surface area contributed by atoms with E-state index in [0.29, 0.717) is 5.82 Å². The number of rotatable bonds is 9. The first-order valence-electron chi connectivity index (χ1n) is 40.4. The largest absolute Gasteiger partial charge is 0.309 e. The van der Waals surface area contributed by atoms with Gasteiger partial charge in [0.15, 0.2) is 5.82 Å². The normalized spacial score (nSPS) is 13.5. The van der Waals surface area contributed by atoms with Gasteiger partial charge in [0.05, 0.1) is 55.5 Å². The molecule has 0 bridgehead atoms. The highest BCUT2D eigenvalue weighted by Crippen LogP contribution is 2.55. The third kappa shape index (κ3) is 9.12. The molecule has 0 radical (unpaired) electrons. The van der Waals surface area contributed by atoms with E-state index >= 15 is 0 Å². The van der Waals surface area contributed by atoms with Gasteiger partial charge in [0.2, 0.25) is 0 Å². The molecule has 3 aliphatic carbocycles. The first kappa shape index (κ1) is 64.9. The number of aromatic nitrogens is 6. The lowest BCUT2D eigenvalue weighted by Crippen LogP contribution is -2.15. The summed E-state index contributed by atoms with van der Waals surface area (Å²) < 4.78 is 9.78. The molecule has 0 spiro atoms. The molecule has 0 fully saturated rings. The van der Waals surface area contributed by atoms with Gasteiger partial charge in [0, 0.05) is 98.9 Å². The van der Waals surface area contributed by atoms with E-state index < -0.39 is 0 Å². The summed E-state index contributed by atoms with van der Waals surface area (Å²) in [5.74, 6) is 0.701. The van der Waals surface area contributed by atoms with E-state index in [4.69, 9.17) is 9.97 Å². The molecule has 0 unspecified atom stereocenters. The fourth-order valence-electron chi connectivity index (χ4n) is 20.8. The van der Waals surface area contributed by atoms with Crippen molar-refractivity contribution in [2.24, 2.45) is 0 Å². The maximum absolute atomic E-state index is 5.57. The Hall–Kier alpha value is -14.7. The van der Waals surface area contributed by atoms with Gasteiger partial charge in [0.25, 0.3) is 0 Å². The van der Waals surface area contributed by atoms with E-state index in [1.54, 1.807) is 0 Å². The summed E-state index contributed by atoms with van der Waals surface area (Å²) in [6.07, 6.45) is 0. The number of fused-ring (bicyclic) bond motifs is 21. The quantitative estimate of drug-likeness (QED) is 0.145. The van der Waals surface area contributed by atoms with Gasteiger partial charge in [-0.1, -0.05) is 270 Å². The van der Waals surface area contributed by atoms with Crippen LogP contribution in [0.1, 0.15) is 49.9 Å². The Balaban J connectivity index is 0.542. The Morgan fingerprint density at radius 2 is 0.526 bits per heavy atom. The van der Waals surface area contributed by atoms with Gasteiger partial charge in [-0.2, -0.15) is 0 Å². The van der Waals surface area contributed by atoms with Crippen LogP contribution in [0.5, 0.6) is 0 Å². The van der Waals surface area contributed by atoms with Gasteiger partial charge in [-0.25, -0.2) is 9.97 Å². The van der Waals surface area contributed by atoms with Crippen molar-refractivity contribution in [1.82, 2.24) is 28.2 Å². The van der Waals surface area contributed by atoms with Crippen molar-refractivity contribution in [3.63, 3.8) is 0 Å². The third-order valence-electron chi connectivity index (χ3n) is 26.3. The molecule has 542 valence electrons. The van der Waals surface area contributed by atoms with Crippen molar-refractivity contribution in [3.05, 3.63) is 386 Å². The number of hydrogen-bond donors (Lipinski definition) is 0. The number of hydrogen-bond acceptors (Lipinski definition) is 2. The number of para-hydroxylation sites is 4. The second kappa shape index (κ2) is 23.9. The van der Waals surface area contributed by atoms with Crippen LogP contribution in [0, 0.1) is 0 Å². The monoisotopic (exact) mass is 1480 g/mol. The zero-order chi connectivity index (χ0) is 76.6. The van der Waals surface area contributed by atoms with Crippen LogP contribution in [0.2, 0.25) is 0 Å². The molecule has 5 heterocycles. The van der Waals surface area contributed by atoms with Gasteiger partial charge in [-0.15, -0.1) is 0 Å². The Kier molecular flexibility index (Phi) is 13.4. The number of benzene rings is 17. The van der Waals surface area contributed by atoms with Crippen LogP contribution in [-0.4, -0.2) is 28.2 Å². The maximum Gasteiger partial charge on any atom is 0.160 e. The SMILES string of the molecule is CC1(C)c2ccccc2-c2ccc(-n3c4ccccc4c4cc(-c5ccc6c(c5)c5ccccc5n6-c5ccc(-c6nc(-c7ccccc7)nc7c6-c6ccc(-c8ccc(-n9c%10ccccc%10c%10cc(-c%11ccc%12c(c%11)c%11ccccc%11n%12-c%11ccc%12c(c%11)C(C)(C)c%11ccccc%11-%12)ccc%109)cc8)c8cccc-7c68)cc5)ccc43)cc21.